The smallest absolute Gasteiger partial charge is 0.265 e. The van der Waals surface area contributed by atoms with Gasteiger partial charge in [0.25, 0.3) is 11.8 Å². The molecule has 0 bridgehead atoms. The molecule has 1 saturated heterocycles. The molecular formula is C18H20N2O2S2. The minimum Gasteiger partial charge on any atom is -0.349 e. The molecule has 0 unspecified atom stereocenters. The van der Waals surface area contributed by atoms with Gasteiger partial charge < -0.3 is 5.32 Å². The Balaban J connectivity index is 1.66. The number of thioether (sulfide) groups is 1. The van der Waals surface area contributed by atoms with E-state index in [-0.39, 0.29) is 11.8 Å². The predicted octanol–water partition coefficient (Wildman–Crippen LogP) is 3.58. The first-order valence-corrected chi connectivity index (χ1v) is 9.39. The van der Waals surface area contributed by atoms with Crippen molar-refractivity contribution in [1.82, 2.24) is 10.2 Å². The molecule has 1 aliphatic heterocycles. The summed E-state index contributed by atoms with van der Waals surface area (Å²) in [6.45, 7) is 0. The number of nitrogens with one attached hydrogen (secondary N) is 1. The van der Waals surface area contributed by atoms with Crippen molar-refractivity contribution in [3.63, 3.8) is 0 Å². The van der Waals surface area contributed by atoms with Crippen LogP contribution in [0.25, 0.3) is 6.08 Å². The van der Waals surface area contributed by atoms with Crippen molar-refractivity contribution in [3.05, 3.63) is 40.3 Å². The highest BCUT2D eigenvalue weighted by molar-refractivity contribution is 8.26. The lowest BCUT2D eigenvalue weighted by atomic mass is 9.95. The molecule has 4 nitrogen and oxygen atoms in total. The third-order valence-corrected chi connectivity index (χ3v) is 5.88. The number of nitrogens with zero attached hydrogens (tertiary/aromatic N) is 1. The Kier molecular flexibility index (Phi) is 5.36. The van der Waals surface area contributed by atoms with E-state index in [2.05, 4.69) is 5.32 Å². The number of likely N-dealkylation sites (N-methyl/N-ethyl adjacent to an activating group) is 1. The predicted molar refractivity (Wildman–Crippen MR) is 102 cm³/mol. The molecule has 0 radical (unpaired) electrons. The van der Waals surface area contributed by atoms with E-state index in [1.165, 1.54) is 35.9 Å². The normalized spacial score (nSPS) is 20.7. The number of carbonyl (C=O) groups is 2. The van der Waals surface area contributed by atoms with Crippen LogP contribution in [0.2, 0.25) is 0 Å². The summed E-state index contributed by atoms with van der Waals surface area (Å²) in [5.74, 6) is -0.0996. The molecule has 1 aromatic rings. The third-order valence-electron chi connectivity index (χ3n) is 4.40. The first kappa shape index (κ1) is 17.2. The van der Waals surface area contributed by atoms with E-state index in [0.717, 1.165) is 18.4 Å². The van der Waals surface area contributed by atoms with Crippen LogP contribution < -0.4 is 5.32 Å². The molecule has 24 heavy (non-hydrogen) atoms. The quantitative estimate of drug-likeness (QED) is 0.661. The first-order valence-electron chi connectivity index (χ1n) is 8.17. The highest BCUT2D eigenvalue weighted by Gasteiger charge is 2.28. The van der Waals surface area contributed by atoms with Gasteiger partial charge in [0.1, 0.15) is 4.32 Å². The summed E-state index contributed by atoms with van der Waals surface area (Å²) in [4.78, 5) is 26.4. The third kappa shape index (κ3) is 3.87. The van der Waals surface area contributed by atoms with Gasteiger partial charge in [-0.25, -0.2) is 0 Å². The Hall–Kier alpha value is -1.66. The van der Waals surface area contributed by atoms with E-state index < -0.39 is 0 Å². The van der Waals surface area contributed by atoms with Gasteiger partial charge in [0, 0.05) is 18.7 Å². The summed E-state index contributed by atoms with van der Waals surface area (Å²) in [7, 11) is 1.68. The summed E-state index contributed by atoms with van der Waals surface area (Å²) >= 11 is 6.42. The van der Waals surface area contributed by atoms with Crippen LogP contribution >= 0.6 is 24.0 Å². The fraction of sp³-hybridized carbons (Fsp3) is 0.389. The molecule has 0 atom stereocenters. The van der Waals surface area contributed by atoms with Gasteiger partial charge in [-0.1, -0.05) is 55.4 Å². The maximum atomic E-state index is 12.3. The molecular weight excluding hydrogens is 340 g/mol. The number of thiocarbonyl (C=S) groups is 1. The van der Waals surface area contributed by atoms with Crippen LogP contribution in [0.15, 0.2) is 29.2 Å². The minimum atomic E-state index is -0.0795. The molecule has 1 aromatic carbocycles. The zero-order valence-corrected chi connectivity index (χ0v) is 15.2. The van der Waals surface area contributed by atoms with Crippen LogP contribution in [0, 0.1) is 0 Å². The Morgan fingerprint density at radius 1 is 1.25 bits per heavy atom. The lowest BCUT2D eigenvalue weighted by Crippen LogP contribution is -2.36. The Morgan fingerprint density at radius 3 is 2.50 bits per heavy atom. The second kappa shape index (κ2) is 7.49. The van der Waals surface area contributed by atoms with E-state index in [1.807, 2.05) is 18.2 Å². The molecule has 1 aliphatic carbocycles. The topological polar surface area (TPSA) is 49.4 Å². The molecule has 0 spiro atoms. The highest BCUT2D eigenvalue weighted by atomic mass is 32.2. The molecule has 6 heteroatoms. The summed E-state index contributed by atoms with van der Waals surface area (Å²) in [6.07, 6.45) is 7.61. The van der Waals surface area contributed by atoms with Gasteiger partial charge in [-0.3, -0.25) is 14.5 Å². The van der Waals surface area contributed by atoms with Crippen molar-refractivity contribution in [2.75, 3.05) is 7.05 Å². The van der Waals surface area contributed by atoms with Crippen LogP contribution in [0.5, 0.6) is 0 Å². The van der Waals surface area contributed by atoms with Crippen molar-refractivity contribution in [1.29, 1.82) is 0 Å². The number of amides is 2. The number of carbonyl (C=O) groups excluding carboxylic acids is 2. The molecule has 1 N–H and O–H groups in total. The van der Waals surface area contributed by atoms with Gasteiger partial charge in [0.05, 0.1) is 4.91 Å². The number of hydrogen-bond donors (Lipinski definition) is 1. The van der Waals surface area contributed by atoms with Gasteiger partial charge in [0.15, 0.2) is 0 Å². The largest absolute Gasteiger partial charge is 0.349 e. The Labute approximate surface area is 151 Å². The summed E-state index contributed by atoms with van der Waals surface area (Å²) < 4.78 is 0.565. The van der Waals surface area contributed by atoms with Gasteiger partial charge in [-0.15, -0.1) is 0 Å². The lowest BCUT2D eigenvalue weighted by Gasteiger charge is -2.22. The summed E-state index contributed by atoms with van der Waals surface area (Å²) in [6, 6.07) is 7.63. The zero-order chi connectivity index (χ0) is 17.1. The molecule has 1 saturated carbocycles. The summed E-state index contributed by atoms with van der Waals surface area (Å²) in [5.41, 5.74) is 1.54. The lowest BCUT2D eigenvalue weighted by molar-refractivity contribution is -0.121. The maximum absolute atomic E-state index is 12.3. The van der Waals surface area contributed by atoms with E-state index in [1.54, 1.807) is 19.2 Å². The van der Waals surface area contributed by atoms with E-state index in [0.29, 0.717) is 20.8 Å². The average Bonchev–Trinajstić information content (AvgIpc) is 2.83. The maximum Gasteiger partial charge on any atom is 0.265 e. The van der Waals surface area contributed by atoms with Crippen molar-refractivity contribution in [3.8, 4) is 0 Å². The second-order valence-corrected chi connectivity index (χ2v) is 7.85. The monoisotopic (exact) mass is 360 g/mol. The van der Waals surface area contributed by atoms with Gasteiger partial charge in [0.2, 0.25) is 0 Å². The van der Waals surface area contributed by atoms with E-state index in [9.17, 15) is 9.59 Å². The van der Waals surface area contributed by atoms with Gasteiger partial charge in [-0.2, -0.15) is 0 Å². The van der Waals surface area contributed by atoms with E-state index >= 15 is 0 Å². The standard InChI is InChI=1S/C18H20N2O2S2/c1-20-17(22)15(24-18(20)23)11-12-7-9-13(10-8-12)16(21)19-14-5-3-2-4-6-14/h7-11,14H,2-6H2,1H3,(H,19,21)/b15-11-. The molecule has 2 amide bonds. The Morgan fingerprint density at radius 2 is 1.92 bits per heavy atom. The molecule has 2 aliphatic rings. The molecule has 3 rings (SSSR count). The van der Waals surface area contributed by atoms with E-state index in [4.69, 9.17) is 12.2 Å². The molecule has 126 valence electrons. The first-order chi connectivity index (χ1) is 11.5. The van der Waals surface area contributed by atoms with Crippen molar-refractivity contribution < 1.29 is 9.59 Å². The van der Waals surface area contributed by atoms with Crippen molar-refractivity contribution >= 4 is 46.2 Å². The minimum absolute atomic E-state index is 0.0201. The van der Waals surface area contributed by atoms with Crippen LogP contribution in [-0.2, 0) is 4.79 Å². The van der Waals surface area contributed by atoms with Crippen LogP contribution in [-0.4, -0.2) is 34.1 Å². The van der Waals surface area contributed by atoms with Gasteiger partial charge >= 0.3 is 0 Å². The van der Waals surface area contributed by atoms with Crippen molar-refractivity contribution in [2.24, 2.45) is 0 Å². The fourth-order valence-electron chi connectivity index (χ4n) is 2.94. The highest BCUT2D eigenvalue weighted by Crippen LogP contribution is 2.31. The number of rotatable bonds is 3. The fourth-order valence-corrected chi connectivity index (χ4v) is 4.12. The number of benzene rings is 1. The van der Waals surface area contributed by atoms with Crippen LogP contribution in [0.4, 0.5) is 0 Å². The van der Waals surface area contributed by atoms with Gasteiger partial charge in [-0.05, 0) is 36.6 Å². The molecule has 0 aromatic heterocycles. The number of hydrogen-bond acceptors (Lipinski definition) is 4. The molecule has 2 fully saturated rings. The SMILES string of the molecule is CN1C(=O)/C(=C/c2ccc(C(=O)NC3CCCCC3)cc2)SC1=S. The average molecular weight is 361 g/mol. The zero-order valence-electron chi connectivity index (χ0n) is 13.6. The van der Waals surface area contributed by atoms with Crippen molar-refractivity contribution in [2.45, 2.75) is 38.1 Å². The Bertz CT molecular complexity index is 691. The van der Waals surface area contributed by atoms with Crippen LogP contribution in [0.1, 0.15) is 48.0 Å². The summed E-state index contributed by atoms with van der Waals surface area (Å²) in [5, 5.41) is 3.11. The second-order valence-electron chi connectivity index (χ2n) is 6.17. The van der Waals surface area contributed by atoms with Crippen LogP contribution in [0.3, 0.4) is 0 Å². The molecule has 1 heterocycles.